The predicted octanol–water partition coefficient (Wildman–Crippen LogP) is 5.64. The molecule has 1 unspecified atom stereocenters. The number of methoxy groups -OCH3 is 1. The maximum atomic E-state index is 6.22. The van der Waals surface area contributed by atoms with E-state index in [1.807, 2.05) is 24.3 Å². The van der Waals surface area contributed by atoms with Crippen LogP contribution in [0.1, 0.15) is 11.1 Å². The fraction of sp³-hybridized carbons (Fsp3) is 0.294. The van der Waals surface area contributed by atoms with E-state index in [1.165, 1.54) is 5.56 Å². The van der Waals surface area contributed by atoms with E-state index in [0.717, 1.165) is 29.2 Å². The molecule has 2 aromatic carbocycles. The van der Waals surface area contributed by atoms with Gasteiger partial charge in [-0.15, -0.1) is 11.6 Å². The molecule has 1 atom stereocenters. The first kappa shape index (κ1) is 16.5. The normalized spacial score (nSPS) is 12.2. The van der Waals surface area contributed by atoms with Crippen LogP contribution in [-0.2, 0) is 12.8 Å². The van der Waals surface area contributed by atoms with Gasteiger partial charge in [-0.3, -0.25) is 0 Å². The van der Waals surface area contributed by atoms with Crippen molar-refractivity contribution in [2.75, 3.05) is 13.0 Å². The van der Waals surface area contributed by atoms with Crippen LogP contribution in [0, 0.1) is 5.92 Å². The first-order valence-corrected chi connectivity index (χ1v) is 8.04. The Morgan fingerprint density at radius 3 is 2.33 bits per heavy atom. The van der Waals surface area contributed by atoms with Crippen LogP contribution in [-0.4, -0.2) is 13.0 Å². The molecule has 0 fully saturated rings. The molecule has 2 aromatic rings. The SMILES string of the molecule is COc1ccc(CC(CCl)Cc2cc(Cl)ccc2Cl)cc1. The van der Waals surface area contributed by atoms with Gasteiger partial charge in [0.25, 0.3) is 0 Å². The highest BCUT2D eigenvalue weighted by atomic mass is 35.5. The van der Waals surface area contributed by atoms with E-state index in [0.29, 0.717) is 16.8 Å². The highest BCUT2D eigenvalue weighted by molar-refractivity contribution is 6.33. The third kappa shape index (κ3) is 4.81. The van der Waals surface area contributed by atoms with E-state index in [9.17, 15) is 0 Å². The first-order valence-electron chi connectivity index (χ1n) is 6.75. The molecule has 0 aromatic heterocycles. The summed E-state index contributed by atoms with van der Waals surface area (Å²) < 4.78 is 5.17. The van der Waals surface area contributed by atoms with Crippen molar-refractivity contribution in [3.63, 3.8) is 0 Å². The molecule has 4 heteroatoms. The lowest BCUT2D eigenvalue weighted by Crippen LogP contribution is -2.10. The lowest BCUT2D eigenvalue weighted by atomic mass is 9.94. The van der Waals surface area contributed by atoms with Crippen molar-refractivity contribution < 1.29 is 4.74 Å². The summed E-state index contributed by atoms with van der Waals surface area (Å²) >= 11 is 18.4. The van der Waals surface area contributed by atoms with Gasteiger partial charge in [-0.25, -0.2) is 0 Å². The van der Waals surface area contributed by atoms with Gasteiger partial charge < -0.3 is 4.74 Å². The van der Waals surface area contributed by atoms with Crippen molar-refractivity contribution in [3.05, 3.63) is 63.6 Å². The second-order valence-corrected chi connectivity index (χ2v) is 6.16. The molecule has 0 bridgehead atoms. The van der Waals surface area contributed by atoms with Crippen LogP contribution in [0.4, 0.5) is 0 Å². The van der Waals surface area contributed by atoms with Crippen LogP contribution in [0.15, 0.2) is 42.5 Å². The minimum absolute atomic E-state index is 0.316. The summed E-state index contributed by atoms with van der Waals surface area (Å²) in [5.41, 5.74) is 2.28. The van der Waals surface area contributed by atoms with Crippen LogP contribution in [0.2, 0.25) is 10.0 Å². The summed E-state index contributed by atoms with van der Waals surface area (Å²) in [7, 11) is 1.66. The lowest BCUT2D eigenvalue weighted by Gasteiger charge is -2.15. The lowest BCUT2D eigenvalue weighted by molar-refractivity contribution is 0.414. The molecular weight excluding hydrogens is 327 g/mol. The zero-order chi connectivity index (χ0) is 15.2. The van der Waals surface area contributed by atoms with Gasteiger partial charge in [0, 0.05) is 15.9 Å². The van der Waals surface area contributed by atoms with Gasteiger partial charge >= 0.3 is 0 Å². The molecule has 0 radical (unpaired) electrons. The number of alkyl halides is 1. The Kier molecular flexibility index (Phi) is 6.22. The second-order valence-electron chi connectivity index (χ2n) is 5.01. The van der Waals surface area contributed by atoms with Crippen LogP contribution in [0.3, 0.4) is 0 Å². The molecule has 0 aliphatic carbocycles. The molecule has 0 aliphatic rings. The maximum absolute atomic E-state index is 6.22. The van der Waals surface area contributed by atoms with Gasteiger partial charge in [0.05, 0.1) is 7.11 Å². The molecule has 21 heavy (non-hydrogen) atoms. The van der Waals surface area contributed by atoms with Crippen LogP contribution < -0.4 is 4.74 Å². The smallest absolute Gasteiger partial charge is 0.118 e. The standard InChI is InChI=1S/C17H17Cl3O/c1-21-16-5-2-12(3-6-16)8-13(11-18)9-14-10-15(19)4-7-17(14)20/h2-7,10,13H,8-9,11H2,1H3. The van der Waals surface area contributed by atoms with Gasteiger partial charge in [0.2, 0.25) is 0 Å². The zero-order valence-electron chi connectivity index (χ0n) is 11.8. The predicted molar refractivity (Wildman–Crippen MR) is 91.1 cm³/mol. The molecule has 0 heterocycles. The quantitative estimate of drug-likeness (QED) is 0.616. The highest BCUT2D eigenvalue weighted by Gasteiger charge is 2.12. The van der Waals surface area contributed by atoms with E-state index in [2.05, 4.69) is 12.1 Å². The molecule has 0 saturated heterocycles. The molecule has 0 saturated carbocycles. The van der Waals surface area contributed by atoms with Crippen molar-refractivity contribution in [2.24, 2.45) is 5.92 Å². The monoisotopic (exact) mass is 342 g/mol. The Morgan fingerprint density at radius 1 is 1.00 bits per heavy atom. The average molecular weight is 344 g/mol. The molecular formula is C17H17Cl3O. The minimum atomic E-state index is 0.316. The second kappa shape index (κ2) is 7.93. The van der Waals surface area contributed by atoms with Gasteiger partial charge in [0.15, 0.2) is 0 Å². The summed E-state index contributed by atoms with van der Waals surface area (Å²) in [4.78, 5) is 0. The molecule has 0 spiro atoms. The molecule has 112 valence electrons. The Hall–Kier alpha value is -0.890. The van der Waals surface area contributed by atoms with Crippen molar-refractivity contribution in [2.45, 2.75) is 12.8 Å². The van der Waals surface area contributed by atoms with Crippen LogP contribution >= 0.6 is 34.8 Å². The number of ether oxygens (including phenoxy) is 1. The third-order valence-corrected chi connectivity index (χ3v) is 4.46. The largest absolute Gasteiger partial charge is 0.497 e. The summed E-state index contributed by atoms with van der Waals surface area (Å²) in [6.45, 7) is 0. The van der Waals surface area contributed by atoms with Crippen molar-refractivity contribution >= 4 is 34.8 Å². The van der Waals surface area contributed by atoms with Crippen LogP contribution in [0.5, 0.6) is 5.75 Å². The molecule has 0 aliphatic heterocycles. The Labute approximate surface area is 140 Å². The number of hydrogen-bond donors (Lipinski definition) is 0. The van der Waals surface area contributed by atoms with E-state index in [4.69, 9.17) is 39.5 Å². The van der Waals surface area contributed by atoms with E-state index in [1.54, 1.807) is 13.2 Å². The first-order chi connectivity index (χ1) is 10.1. The van der Waals surface area contributed by atoms with E-state index < -0.39 is 0 Å². The summed E-state index contributed by atoms with van der Waals surface area (Å²) in [5.74, 6) is 1.75. The topological polar surface area (TPSA) is 9.23 Å². The number of halogens is 3. The average Bonchev–Trinajstić information content (AvgIpc) is 2.51. The van der Waals surface area contributed by atoms with Gasteiger partial charge in [-0.2, -0.15) is 0 Å². The zero-order valence-corrected chi connectivity index (χ0v) is 14.1. The van der Waals surface area contributed by atoms with E-state index >= 15 is 0 Å². The Morgan fingerprint density at radius 2 is 1.71 bits per heavy atom. The van der Waals surface area contributed by atoms with E-state index in [-0.39, 0.29) is 0 Å². The fourth-order valence-corrected chi connectivity index (χ4v) is 2.89. The van der Waals surface area contributed by atoms with Gasteiger partial charge in [-0.05, 0) is 60.2 Å². The molecule has 0 amide bonds. The summed E-state index contributed by atoms with van der Waals surface area (Å²) in [5, 5.41) is 1.44. The van der Waals surface area contributed by atoms with Crippen LogP contribution in [0.25, 0.3) is 0 Å². The van der Waals surface area contributed by atoms with Gasteiger partial charge in [0.1, 0.15) is 5.75 Å². The fourth-order valence-electron chi connectivity index (χ4n) is 2.29. The number of rotatable bonds is 6. The molecule has 0 N–H and O–H groups in total. The Bertz CT molecular complexity index is 581. The number of benzene rings is 2. The molecule has 1 nitrogen and oxygen atoms in total. The van der Waals surface area contributed by atoms with Crippen molar-refractivity contribution in [1.29, 1.82) is 0 Å². The number of hydrogen-bond acceptors (Lipinski definition) is 1. The van der Waals surface area contributed by atoms with Gasteiger partial charge in [-0.1, -0.05) is 35.3 Å². The molecule has 2 rings (SSSR count). The minimum Gasteiger partial charge on any atom is -0.497 e. The Balaban J connectivity index is 2.07. The van der Waals surface area contributed by atoms with Crippen molar-refractivity contribution in [3.8, 4) is 5.75 Å². The summed E-state index contributed by atoms with van der Waals surface area (Å²) in [6, 6.07) is 13.6. The highest BCUT2D eigenvalue weighted by Crippen LogP contribution is 2.25. The third-order valence-electron chi connectivity index (χ3n) is 3.42. The maximum Gasteiger partial charge on any atom is 0.118 e. The summed E-state index contributed by atoms with van der Waals surface area (Å²) in [6.07, 6.45) is 1.71. The van der Waals surface area contributed by atoms with Crippen molar-refractivity contribution in [1.82, 2.24) is 0 Å².